The second kappa shape index (κ2) is 10.8. The predicted molar refractivity (Wildman–Crippen MR) is 140 cm³/mol. The Morgan fingerprint density at radius 2 is 1.73 bits per heavy atom. The van der Waals surface area contributed by atoms with E-state index in [1.807, 2.05) is 4.90 Å². The SMILES string of the molecule is O=C(O)[C@H]1CCCN1CCn1cccc(Nc2nn(-c3ccc(OC(F)(F)F)cc3)c(=O)c3ccccc23)c1=O. The Hall–Kier alpha value is -4.65. The van der Waals surface area contributed by atoms with E-state index in [0.29, 0.717) is 24.9 Å². The average molecular weight is 556 g/mol. The number of carboxylic acids is 1. The van der Waals surface area contributed by atoms with Gasteiger partial charge in [-0.25, -0.2) is 0 Å². The van der Waals surface area contributed by atoms with E-state index in [4.69, 9.17) is 0 Å². The summed E-state index contributed by atoms with van der Waals surface area (Å²) in [4.78, 5) is 39.8. The molecule has 0 bridgehead atoms. The van der Waals surface area contributed by atoms with Gasteiger partial charge in [0.1, 0.15) is 17.5 Å². The lowest BCUT2D eigenvalue weighted by Crippen LogP contribution is -2.39. The van der Waals surface area contributed by atoms with Crippen LogP contribution < -0.4 is 21.2 Å². The number of likely N-dealkylation sites (tertiary alicyclic amines) is 1. The molecule has 40 heavy (non-hydrogen) atoms. The number of hydrogen-bond donors (Lipinski definition) is 2. The van der Waals surface area contributed by atoms with Gasteiger partial charge in [-0.15, -0.1) is 18.3 Å². The van der Waals surface area contributed by atoms with Crippen LogP contribution in [-0.4, -0.2) is 55.8 Å². The maximum absolute atomic E-state index is 13.3. The highest BCUT2D eigenvalue weighted by atomic mass is 19.4. The summed E-state index contributed by atoms with van der Waals surface area (Å²) in [5.74, 6) is -1.14. The molecule has 0 radical (unpaired) electrons. The molecule has 0 spiro atoms. The Morgan fingerprint density at radius 1 is 1.00 bits per heavy atom. The van der Waals surface area contributed by atoms with Crippen molar-refractivity contribution in [2.24, 2.45) is 0 Å². The zero-order chi connectivity index (χ0) is 28.4. The third kappa shape index (κ3) is 5.69. The van der Waals surface area contributed by atoms with Gasteiger partial charge in [-0.3, -0.25) is 19.3 Å². The lowest BCUT2D eigenvalue weighted by molar-refractivity contribution is -0.274. The standard InChI is InChI=1S/C27H24F3N5O5/c28-27(29,30)40-18-11-9-17(10-12-18)35-24(36)20-6-2-1-5-19(20)23(32-35)31-21-7-3-14-34(25(21)37)16-15-33-13-4-8-22(33)26(38)39/h1-3,5-7,9-12,14,22H,4,8,13,15-16H2,(H,31,32)(H,38,39)/t22-/m1/s1. The Morgan fingerprint density at radius 3 is 2.42 bits per heavy atom. The minimum Gasteiger partial charge on any atom is -0.480 e. The highest BCUT2D eigenvalue weighted by molar-refractivity contribution is 5.92. The summed E-state index contributed by atoms with van der Waals surface area (Å²) >= 11 is 0. The van der Waals surface area contributed by atoms with Gasteiger partial charge in [0, 0.05) is 24.7 Å². The van der Waals surface area contributed by atoms with Crippen LogP contribution in [0.15, 0.2) is 76.4 Å². The van der Waals surface area contributed by atoms with Crippen LogP contribution in [0.4, 0.5) is 24.7 Å². The smallest absolute Gasteiger partial charge is 0.480 e. The number of ether oxygens (including phenoxy) is 1. The number of aromatic nitrogens is 3. The third-order valence-electron chi connectivity index (χ3n) is 6.67. The number of anilines is 2. The Kier molecular flexibility index (Phi) is 7.30. The fraction of sp³-hybridized carbons (Fsp3) is 0.259. The quantitative estimate of drug-likeness (QED) is 0.338. The molecule has 0 unspecified atom stereocenters. The molecule has 4 aromatic rings. The van der Waals surface area contributed by atoms with Crippen molar-refractivity contribution < 1.29 is 27.8 Å². The van der Waals surface area contributed by atoms with Gasteiger partial charge >= 0.3 is 12.3 Å². The number of aliphatic carboxylic acids is 1. The highest BCUT2D eigenvalue weighted by Gasteiger charge is 2.31. The highest BCUT2D eigenvalue weighted by Crippen LogP contribution is 2.25. The van der Waals surface area contributed by atoms with E-state index in [1.165, 1.54) is 16.7 Å². The van der Waals surface area contributed by atoms with Crippen LogP contribution >= 0.6 is 0 Å². The first-order chi connectivity index (χ1) is 19.1. The van der Waals surface area contributed by atoms with Gasteiger partial charge in [0.05, 0.1) is 11.1 Å². The molecule has 1 aliphatic heterocycles. The summed E-state index contributed by atoms with van der Waals surface area (Å²) in [6.07, 6.45) is -1.90. The van der Waals surface area contributed by atoms with Crippen molar-refractivity contribution in [2.45, 2.75) is 31.8 Å². The van der Waals surface area contributed by atoms with E-state index in [0.717, 1.165) is 23.2 Å². The van der Waals surface area contributed by atoms with Crippen LogP contribution in [0.5, 0.6) is 5.75 Å². The first-order valence-electron chi connectivity index (χ1n) is 12.4. The second-order valence-electron chi connectivity index (χ2n) is 9.23. The number of nitrogens with one attached hydrogen (secondary N) is 1. The molecule has 0 saturated carbocycles. The van der Waals surface area contributed by atoms with Crippen LogP contribution in [0.3, 0.4) is 0 Å². The largest absolute Gasteiger partial charge is 0.573 e. The van der Waals surface area contributed by atoms with Crippen LogP contribution in [0.1, 0.15) is 12.8 Å². The summed E-state index contributed by atoms with van der Waals surface area (Å²) in [6.45, 7) is 1.31. The molecule has 2 N–H and O–H groups in total. The lowest BCUT2D eigenvalue weighted by Gasteiger charge is -2.21. The maximum atomic E-state index is 13.3. The summed E-state index contributed by atoms with van der Waals surface area (Å²) in [5.41, 5.74) is -0.506. The molecule has 1 atom stereocenters. The average Bonchev–Trinajstić information content (AvgIpc) is 3.39. The van der Waals surface area contributed by atoms with Crippen molar-refractivity contribution in [3.05, 3.63) is 87.6 Å². The zero-order valence-electron chi connectivity index (χ0n) is 21.0. The van der Waals surface area contributed by atoms with Gasteiger partial charge in [0.15, 0.2) is 5.82 Å². The molecular formula is C27H24F3N5O5. The molecule has 13 heteroatoms. The number of alkyl halides is 3. The Balaban J connectivity index is 1.46. The molecule has 0 aliphatic carbocycles. The molecule has 3 heterocycles. The second-order valence-corrected chi connectivity index (χ2v) is 9.23. The van der Waals surface area contributed by atoms with Gasteiger partial charge in [-0.2, -0.15) is 4.68 Å². The van der Waals surface area contributed by atoms with Gasteiger partial charge < -0.3 is 19.7 Å². The van der Waals surface area contributed by atoms with Crippen molar-refractivity contribution in [3.8, 4) is 11.4 Å². The number of halogens is 3. The fourth-order valence-corrected chi connectivity index (χ4v) is 4.79. The lowest BCUT2D eigenvalue weighted by atomic mass is 10.2. The number of rotatable bonds is 8. The Labute approximate surface area is 224 Å². The molecule has 1 saturated heterocycles. The van der Waals surface area contributed by atoms with E-state index in [-0.39, 0.29) is 34.7 Å². The molecule has 0 amide bonds. The van der Waals surface area contributed by atoms with Crippen molar-refractivity contribution in [1.29, 1.82) is 0 Å². The van der Waals surface area contributed by atoms with Crippen molar-refractivity contribution in [2.75, 3.05) is 18.4 Å². The predicted octanol–water partition coefficient (Wildman–Crippen LogP) is 3.74. The third-order valence-corrected chi connectivity index (χ3v) is 6.67. The first-order valence-corrected chi connectivity index (χ1v) is 12.4. The molecule has 5 rings (SSSR count). The summed E-state index contributed by atoms with van der Waals surface area (Å²) in [6, 6.07) is 14.0. The Bertz CT molecular complexity index is 1670. The van der Waals surface area contributed by atoms with Crippen LogP contribution in [-0.2, 0) is 11.3 Å². The normalized spacial score (nSPS) is 15.8. The van der Waals surface area contributed by atoms with E-state index in [9.17, 15) is 32.7 Å². The monoisotopic (exact) mass is 555 g/mol. The van der Waals surface area contributed by atoms with Gasteiger partial charge in [0.25, 0.3) is 11.1 Å². The number of pyridine rings is 1. The zero-order valence-corrected chi connectivity index (χ0v) is 21.0. The summed E-state index contributed by atoms with van der Waals surface area (Å²) in [7, 11) is 0. The summed E-state index contributed by atoms with van der Waals surface area (Å²) in [5, 5.41) is 17.5. The number of hydrogen-bond acceptors (Lipinski definition) is 7. The number of carbonyl (C=O) groups is 1. The molecule has 1 aliphatic rings. The van der Waals surface area contributed by atoms with Gasteiger partial charge in [-0.05, 0) is 61.9 Å². The maximum Gasteiger partial charge on any atom is 0.573 e. The van der Waals surface area contributed by atoms with Crippen LogP contribution in [0.2, 0.25) is 0 Å². The van der Waals surface area contributed by atoms with E-state index in [1.54, 1.807) is 42.6 Å². The molecular weight excluding hydrogens is 531 g/mol. The van der Waals surface area contributed by atoms with Crippen molar-refractivity contribution in [1.82, 2.24) is 19.2 Å². The van der Waals surface area contributed by atoms with Gasteiger partial charge in [-0.1, -0.05) is 18.2 Å². The minimum atomic E-state index is -4.86. The minimum absolute atomic E-state index is 0.176. The van der Waals surface area contributed by atoms with Gasteiger partial charge in [0.2, 0.25) is 0 Å². The number of carboxylic acid groups (broad SMARTS) is 1. The number of nitrogens with zero attached hydrogens (tertiary/aromatic N) is 4. The van der Waals surface area contributed by atoms with Crippen molar-refractivity contribution >= 4 is 28.2 Å². The number of benzene rings is 2. The van der Waals surface area contributed by atoms with E-state index in [2.05, 4.69) is 15.2 Å². The van der Waals surface area contributed by atoms with Crippen LogP contribution in [0.25, 0.3) is 16.5 Å². The topological polar surface area (TPSA) is 119 Å². The molecule has 208 valence electrons. The molecule has 2 aromatic carbocycles. The molecule has 1 fully saturated rings. The van der Waals surface area contributed by atoms with E-state index < -0.39 is 29.7 Å². The molecule has 10 nitrogen and oxygen atoms in total. The molecule has 2 aromatic heterocycles. The number of fused-ring (bicyclic) bond motifs is 1. The van der Waals surface area contributed by atoms with Crippen LogP contribution in [0, 0.1) is 0 Å². The van der Waals surface area contributed by atoms with Crippen molar-refractivity contribution in [3.63, 3.8) is 0 Å². The first kappa shape index (κ1) is 26.9. The fourth-order valence-electron chi connectivity index (χ4n) is 4.79. The summed E-state index contributed by atoms with van der Waals surface area (Å²) < 4.78 is 44.0. The van der Waals surface area contributed by atoms with E-state index >= 15 is 0 Å².